The second-order valence-electron chi connectivity index (χ2n) is 5.39. The summed E-state index contributed by atoms with van der Waals surface area (Å²) in [6, 6.07) is 1.05. The van der Waals surface area contributed by atoms with E-state index >= 15 is 0 Å². The number of rotatable bonds is 3. The van der Waals surface area contributed by atoms with Gasteiger partial charge in [-0.15, -0.1) is 0 Å². The highest BCUT2D eigenvalue weighted by Gasteiger charge is 2.43. The van der Waals surface area contributed by atoms with Crippen molar-refractivity contribution in [3.63, 3.8) is 0 Å². The summed E-state index contributed by atoms with van der Waals surface area (Å²) in [5.74, 6) is 0.633. The fourth-order valence-electron chi connectivity index (χ4n) is 3.28. The molecule has 2 nitrogen and oxygen atoms in total. The van der Waals surface area contributed by atoms with Crippen molar-refractivity contribution >= 4 is 21.8 Å². The van der Waals surface area contributed by atoms with Crippen LogP contribution in [-0.2, 0) is 4.79 Å². The normalized spacial score (nSPS) is 35.2. The van der Waals surface area contributed by atoms with Crippen LogP contribution in [0, 0.1) is 5.92 Å². The van der Waals surface area contributed by atoms with Gasteiger partial charge >= 0.3 is 0 Å². The SMILES string of the molecule is CCCC(C)C(=O)N1C2CCC1CC(Br)C2. The fraction of sp³-hybridized carbons (Fsp3) is 0.923. The molecule has 0 aromatic heterocycles. The third-order valence-electron chi connectivity index (χ3n) is 4.07. The smallest absolute Gasteiger partial charge is 0.225 e. The van der Waals surface area contributed by atoms with Crippen molar-refractivity contribution in [1.82, 2.24) is 4.90 Å². The number of nitrogens with zero attached hydrogens (tertiary/aromatic N) is 1. The lowest BCUT2D eigenvalue weighted by molar-refractivity contribution is -0.139. The number of hydrogen-bond donors (Lipinski definition) is 0. The van der Waals surface area contributed by atoms with Crippen LogP contribution >= 0.6 is 15.9 Å². The Labute approximate surface area is 107 Å². The van der Waals surface area contributed by atoms with Crippen LogP contribution in [0.2, 0.25) is 0 Å². The molecule has 3 heteroatoms. The molecule has 3 unspecified atom stereocenters. The third-order valence-corrected chi connectivity index (χ3v) is 4.82. The van der Waals surface area contributed by atoms with E-state index in [1.165, 1.54) is 12.8 Å². The zero-order chi connectivity index (χ0) is 11.7. The second-order valence-corrected chi connectivity index (χ2v) is 6.68. The molecule has 1 amide bonds. The first-order valence-electron chi connectivity index (χ1n) is 6.59. The zero-order valence-corrected chi connectivity index (χ0v) is 11.9. The van der Waals surface area contributed by atoms with E-state index in [0.717, 1.165) is 25.7 Å². The monoisotopic (exact) mass is 287 g/mol. The maximum atomic E-state index is 12.4. The molecule has 2 bridgehead atoms. The van der Waals surface area contributed by atoms with Gasteiger partial charge in [0.15, 0.2) is 0 Å². The van der Waals surface area contributed by atoms with Gasteiger partial charge in [0.1, 0.15) is 0 Å². The molecule has 2 rings (SSSR count). The van der Waals surface area contributed by atoms with Crippen LogP contribution in [-0.4, -0.2) is 27.7 Å². The molecule has 2 aliphatic rings. The first-order valence-corrected chi connectivity index (χ1v) is 7.51. The van der Waals surface area contributed by atoms with E-state index in [0.29, 0.717) is 22.8 Å². The van der Waals surface area contributed by atoms with Gasteiger partial charge < -0.3 is 4.90 Å². The largest absolute Gasteiger partial charge is 0.336 e. The van der Waals surface area contributed by atoms with Crippen LogP contribution < -0.4 is 0 Å². The van der Waals surface area contributed by atoms with Gasteiger partial charge in [-0.25, -0.2) is 0 Å². The van der Waals surface area contributed by atoms with Gasteiger partial charge in [0.05, 0.1) is 0 Å². The van der Waals surface area contributed by atoms with Crippen LogP contribution in [0.1, 0.15) is 52.4 Å². The first-order chi connectivity index (χ1) is 7.63. The molecule has 2 heterocycles. The van der Waals surface area contributed by atoms with Crippen LogP contribution in [0.15, 0.2) is 0 Å². The lowest BCUT2D eigenvalue weighted by Gasteiger charge is -2.38. The summed E-state index contributed by atoms with van der Waals surface area (Å²) in [6.07, 6.45) is 6.89. The quantitative estimate of drug-likeness (QED) is 0.729. The summed E-state index contributed by atoms with van der Waals surface area (Å²) in [7, 11) is 0. The van der Waals surface area contributed by atoms with Crippen LogP contribution in [0.5, 0.6) is 0 Å². The maximum Gasteiger partial charge on any atom is 0.225 e. The van der Waals surface area contributed by atoms with Gasteiger partial charge in [0.25, 0.3) is 0 Å². The molecule has 2 aliphatic heterocycles. The number of carbonyl (C=O) groups excluding carboxylic acids is 1. The number of halogens is 1. The molecule has 0 saturated carbocycles. The highest BCUT2D eigenvalue weighted by Crippen LogP contribution is 2.39. The number of fused-ring (bicyclic) bond motifs is 2. The van der Waals surface area contributed by atoms with Crippen molar-refractivity contribution in [2.75, 3.05) is 0 Å². The van der Waals surface area contributed by atoms with Crippen molar-refractivity contribution < 1.29 is 4.79 Å². The Kier molecular flexibility index (Phi) is 3.93. The van der Waals surface area contributed by atoms with Crippen molar-refractivity contribution in [2.24, 2.45) is 5.92 Å². The molecule has 0 aromatic carbocycles. The predicted molar refractivity (Wildman–Crippen MR) is 69.7 cm³/mol. The minimum Gasteiger partial charge on any atom is -0.336 e. The van der Waals surface area contributed by atoms with Gasteiger partial charge in [0, 0.05) is 22.8 Å². The molecule has 0 N–H and O–H groups in total. The third kappa shape index (κ3) is 2.29. The first kappa shape index (κ1) is 12.4. The molecular formula is C13H22BrNO. The maximum absolute atomic E-state index is 12.4. The number of amides is 1. The van der Waals surface area contributed by atoms with Crippen LogP contribution in [0.25, 0.3) is 0 Å². The van der Waals surface area contributed by atoms with E-state index in [2.05, 4.69) is 34.7 Å². The van der Waals surface area contributed by atoms with Gasteiger partial charge in [-0.05, 0) is 32.1 Å². The lowest BCUT2D eigenvalue weighted by Crippen LogP contribution is -2.48. The summed E-state index contributed by atoms with van der Waals surface area (Å²) in [6.45, 7) is 4.24. The van der Waals surface area contributed by atoms with E-state index in [-0.39, 0.29) is 5.92 Å². The van der Waals surface area contributed by atoms with E-state index in [1.807, 2.05) is 0 Å². The Bertz CT molecular complexity index is 255. The van der Waals surface area contributed by atoms with Gasteiger partial charge in [-0.3, -0.25) is 4.79 Å². The number of hydrogen-bond acceptors (Lipinski definition) is 1. The average molecular weight is 288 g/mol. The molecular weight excluding hydrogens is 266 g/mol. The molecule has 2 saturated heterocycles. The summed E-state index contributed by atoms with van der Waals surface area (Å²) < 4.78 is 0. The van der Waals surface area contributed by atoms with E-state index in [9.17, 15) is 4.79 Å². The van der Waals surface area contributed by atoms with Gasteiger partial charge in [0.2, 0.25) is 5.91 Å². The average Bonchev–Trinajstić information content (AvgIpc) is 2.50. The summed E-state index contributed by atoms with van der Waals surface area (Å²) in [5, 5.41) is 0. The van der Waals surface area contributed by atoms with E-state index < -0.39 is 0 Å². The van der Waals surface area contributed by atoms with Crippen molar-refractivity contribution in [1.29, 1.82) is 0 Å². The number of carbonyl (C=O) groups is 1. The van der Waals surface area contributed by atoms with Crippen molar-refractivity contribution in [3.05, 3.63) is 0 Å². The van der Waals surface area contributed by atoms with Crippen molar-refractivity contribution in [3.8, 4) is 0 Å². The fourth-order valence-corrected chi connectivity index (χ4v) is 4.14. The minimum atomic E-state index is 0.222. The molecule has 16 heavy (non-hydrogen) atoms. The van der Waals surface area contributed by atoms with E-state index in [1.54, 1.807) is 0 Å². The highest BCUT2D eigenvalue weighted by molar-refractivity contribution is 9.09. The molecule has 0 spiro atoms. The summed E-state index contributed by atoms with van der Waals surface area (Å²) >= 11 is 3.72. The van der Waals surface area contributed by atoms with Gasteiger partial charge in [-0.2, -0.15) is 0 Å². The van der Waals surface area contributed by atoms with E-state index in [4.69, 9.17) is 0 Å². The van der Waals surface area contributed by atoms with Gasteiger partial charge in [-0.1, -0.05) is 36.2 Å². The predicted octanol–water partition coefficient (Wildman–Crippen LogP) is 3.34. The van der Waals surface area contributed by atoms with Crippen LogP contribution in [0.3, 0.4) is 0 Å². The molecule has 0 aromatic rings. The Morgan fingerprint density at radius 3 is 2.44 bits per heavy atom. The Morgan fingerprint density at radius 2 is 1.94 bits per heavy atom. The number of piperidine rings is 1. The van der Waals surface area contributed by atoms with Crippen molar-refractivity contribution in [2.45, 2.75) is 69.3 Å². The molecule has 92 valence electrons. The molecule has 3 atom stereocenters. The number of alkyl halides is 1. The standard InChI is InChI=1S/C13H22BrNO/c1-3-4-9(2)13(16)15-11-5-6-12(15)8-10(14)7-11/h9-12H,3-8H2,1-2H3. The molecule has 2 fully saturated rings. The molecule has 0 aliphatic carbocycles. The summed E-state index contributed by atoms with van der Waals surface area (Å²) in [5.41, 5.74) is 0. The summed E-state index contributed by atoms with van der Waals surface area (Å²) in [4.78, 5) is 15.2. The topological polar surface area (TPSA) is 20.3 Å². The Hall–Kier alpha value is -0.0500. The molecule has 0 radical (unpaired) electrons. The van der Waals surface area contributed by atoms with Crippen LogP contribution in [0.4, 0.5) is 0 Å². The lowest BCUT2D eigenvalue weighted by atomic mass is 9.98. The minimum absolute atomic E-state index is 0.222. The Morgan fingerprint density at radius 1 is 1.38 bits per heavy atom. The zero-order valence-electron chi connectivity index (χ0n) is 10.3. The highest BCUT2D eigenvalue weighted by atomic mass is 79.9. The Balaban J connectivity index is 2.02. The second kappa shape index (κ2) is 5.07.